The maximum atomic E-state index is 12.0. The molecule has 0 aromatic heterocycles. The van der Waals surface area contributed by atoms with Crippen molar-refractivity contribution in [2.24, 2.45) is 4.99 Å². The fourth-order valence-corrected chi connectivity index (χ4v) is 2.72. The molecule has 26 heavy (non-hydrogen) atoms. The molecule has 1 heterocycles. The molecule has 1 fully saturated rings. The second-order valence-electron chi connectivity index (χ2n) is 6.33. The minimum absolute atomic E-state index is 0. The van der Waals surface area contributed by atoms with Crippen molar-refractivity contribution < 1.29 is 9.59 Å². The number of rotatable bonds is 10. The normalized spacial score (nSPS) is 15.1. The van der Waals surface area contributed by atoms with Crippen molar-refractivity contribution in [2.75, 3.05) is 39.3 Å². The van der Waals surface area contributed by atoms with Crippen LogP contribution in [-0.4, -0.2) is 61.9 Å². The highest BCUT2D eigenvalue weighted by molar-refractivity contribution is 14.0. The monoisotopic (exact) mass is 481 g/mol. The van der Waals surface area contributed by atoms with E-state index in [1.54, 1.807) is 0 Å². The van der Waals surface area contributed by atoms with Gasteiger partial charge in [-0.3, -0.25) is 14.6 Å². The molecule has 7 nitrogen and oxygen atoms in total. The highest BCUT2D eigenvalue weighted by atomic mass is 127. The van der Waals surface area contributed by atoms with E-state index >= 15 is 0 Å². The summed E-state index contributed by atoms with van der Waals surface area (Å²) < 4.78 is 0. The predicted octanol–water partition coefficient (Wildman–Crippen LogP) is 1.87. The van der Waals surface area contributed by atoms with Gasteiger partial charge in [-0.05, 0) is 32.6 Å². The molecule has 0 aromatic carbocycles. The molecule has 1 aliphatic rings. The Balaban J connectivity index is 0.00000625. The molecule has 0 unspecified atom stereocenters. The molecule has 152 valence electrons. The Morgan fingerprint density at radius 3 is 2.65 bits per heavy atom. The lowest BCUT2D eigenvalue weighted by Crippen LogP contribution is -2.39. The van der Waals surface area contributed by atoms with Gasteiger partial charge in [0.2, 0.25) is 11.8 Å². The minimum Gasteiger partial charge on any atom is -0.357 e. The number of likely N-dealkylation sites (tertiary alicyclic amines) is 1. The zero-order valence-electron chi connectivity index (χ0n) is 16.3. The van der Waals surface area contributed by atoms with E-state index in [1.165, 1.54) is 0 Å². The van der Waals surface area contributed by atoms with Crippen molar-refractivity contribution >= 4 is 41.8 Å². The van der Waals surface area contributed by atoms with Crippen LogP contribution in [0.5, 0.6) is 0 Å². The van der Waals surface area contributed by atoms with Gasteiger partial charge in [0.05, 0.1) is 0 Å². The van der Waals surface area contributed by atoms with Gasteiger partial charge in [0.15, 0.2) is 5.96 Å². The van der Waals surface area contributed by atoms with Gasteiger partial charge in [-0.25, -0.2) is 0 Å². The number of carbonyl (C=O) groups is 2. The highest BCUT2D eigenvalue weighted by Crippen LogP contribution is 2.11. The molecule has 0 bridgehead atoms. The molecule has 1 saturated heterocycles. The van der Waals surface area contributed by atoms with Crippen LogP contribution in [-0.2, 0) is 9.59 Å². The standard InChI is InChI=1S/C18H35N5O2.HI/c1-3-11-20-16(24)10-13-22-18(19-4-2)21-12-8-15-23-14-7-5-6-9-17(23)25;/h3-15H2,1-2H3,(H,20,24)(H2,19,21,22);1H. The van der Waals surface area contributed by atoms with E-state index in [9.17, 15) is 9.59 Å². The molecule has 0 aromatic rings. The molecule has 0 spiro atoms. The Morgan fingerprint density at radius 2 is 1.92 bits per heavy atom. The summed E-state index contributed by atoms with van der Waals surface area (Å²) in [5.74, 6) is 1.07. The van der Waals surface area contributed by atoms with Crippen molar-refractivity contribution in [3.05, 3.63) is 0 Å². The molecule has 1 aliphatic heterocycles. The van der Waals surface area contributed by atoms with Gasteiger partial charge in [-0.1, -0.05) is 13.3 Å². The predicted molar refractivity (Wildman–Crippen MR) is 117 cm³/mol. The minimum atomic E-state index is 0. The van der Waals surface area contributed by atoms with Gasteiger partial charge in [0.25, 0.3) is 0 Å². The lowest BCUT2D eigenvalue weighted by atomic mass is 10.2. The Bertz CT molecular complexity index is 432. The van der Waals surface area contributed by atoms with E-state index < -0.39 is 0 Å². The van der Waals surface area contributed by atoms with Crippen molar-refractivity contribution in [2.45, 2.75) is 58.8 Å². The van der Waals surface area contributed by atoms with E-state index in [0.717, 1.165) is 64.2 Å². The zero-order chi connectivity index (χ0) is 18.3. The number of nitrogens with zero attached hydrogens (tertiary/aromatic N) is 2. The smallest absolute Gasteiger partial charge is 0.222 e. The summed E-state index contributed by atoms with van der Waals surface area (Å²) in [5, 5.41) is 9.23. The third kappa shape index (κ3) is 11.5. The second kappa shape index (κ2) is 16.1. The van der Waals surface area contributed by atoms with Gasteiger partial charge >= 0.3 is 0 Å². The van der Waals surface area contributed by atoms with Crippen molar-refractivity contribution in [1.29, 1.82) is 0 Å². The average Bonchev–Trinajstić information content (AvgIpc) is 2.81. The SMILES string of the molecule is CCCNC(=O)CCNC(=NCCCN1CCCCCC1=O)NCC.I. The van der Waals surface area contributed by atoms with Crippen molar-refractivity contribution in [1.82, 2.24) is 20.9 Å². The summed E-state index contributed by atoms with van der Waals surface area (Å²) in [5.41, 5.74) is 0. The van der Waals surface area contributed by atoms with Crippen LogP contribution in [0, 0.1) is 0 Å². The Labute approximate surface area is 175 Å². The summed E-state index contributed by atoms with van der Waals surface area (Å²) in [6.07, 6.45) is 6.22. The molecule has 0 atom stereocenters. The Morgan fingerprint density at radius 1 is 1.12 bits per heavy atom. The molecule has 0 aliphatic carbocycles. The number of hydrogen-bond acceptors (Lipinski definition) is 3. The first-order valence-electron chi connectivity index (χ1n) is 9.74. The van der Waals surface area contributed by atoms with Gasteiger partial charge in [0, 0.05) is 52.1 Å². The molecule has 2 amide bonds. The zero-order valence-corrected chi connectivity index (χ0v) is 18.6. The topological polar surface area (TPSA) is 85.8 Å². The number of halogens is 1. The van der Waals surface area contributed by atoms with Crippen LogP contribution in [0.15, 0.2) is 4.99 Å². The van der Waals surface area contributed by atoms with Crippen molar-refractivity contribution in [3.63, 3.8) is 0 Å². The third-order valence-corrected chi connectivity index (χ3v) is 4.09. The van der Waals surface area contributed by atoms with E-state index in [-0.39, 0.29) is 35.8 Å². The van der Waals surface area contributed by atoms with E-state index in [2.05, 4.69) is 20.9 Å². The van der Waals surface area contributed by atoms with Crippen LogP contribution in [0.1, 0.15) is 58.8 Å². The third-order valence-electron chi connectivity index (χ3n) is 4.09. The first-order chi connectivity index (χ1) is 12.2. The van der Waals surface area contributed by atoms with Crippen LogP contribution >= 0.6 is 24.0 Å². The largest absolute Gasteiger partial charge is 0.357 e. The van der Waals surface area contributed by atoms with Gasteiger partial charge in [-0.15, -0.1) is 24.0 Å². The van der Waals surface area contributed by atoms with Crippen molar-refractivity contribution in [3.8, 4) is 0 Å². The molecule has 1 rings (SSSR count). The number of hydrogen-bond donors (Lipinski definition) is 3. The maximum Gasteiger partial charge on any atom is 0.222 e. The second-order valence-corrected chi connectivity index (χ2v) is 6.33. The summed E-state index contributed by atoms with van der Waals surface area (Å²) in [4.78, 5) is 30.0. The lowest BCUT2D eigenvalue weighted by molar-refractivity contribution is -0.130. The summed E-state index contributed by atoms with van der Waals surface area (Å²) in [7, 11) is 0. The molecule has 0 radical (unpaired) electrons. The number of nitrogens with one attached hydrogen (secondary N) is 3. The van der Waals surface area contributed by atoms with E-state index in [0.29, 0.717) is 25.9 Å². The Hall–Kier alpha value is -1.06. The molecular weight excluding hydrogens is 445 g/mol. The summed E-state index contributed by atoms with van der Waals surface area (Å²) in [6, 6.07) is 0. The summed E-state index contributed by atoms with van der Waals surface area (Å²) >= 11 is 0. The van der Waals surface area contributed by atoms with Gasteiger partial charge in [0.1, 0.15) is 0 Å². The van der Waals surface area contributed by atoms with Crippen LogP contribution in [0.2, 0.25) is 0 Å². The molecule has 3 N–H and O–H groups in total. The van der Waals surface area contributed by atoms with Crippen LogP contribution in [0.25, 0.3) is 0 Å². The maximum absolute atomic E-state index is 12.0. The van der Waals surface area contributed by atoms with Crippen LogP contribution < -0.4 is 16.0 Å². The number of amides is 2. The first kappa shape index (κ1) is 24.9. The summed E-state index contributed by atoms with van der Waals surface area (Å²) in [6.45, 7) is 8.44. The highest BCUT2D eigenvalue weighted by Gasteiger charge is 2.15. The fraction of sp³-hybridized carbons (Fsp3) is 0.833. The molecule has 0 saturated carbocycles. The van der Waals surface area contributed by atoms with Gasteiger partial charge < -0.3 is 20.9 Å². The lowest BCUT2D eigenvalue weighted by Gasteiger charge is -2.20. The van der Waals surface area contributed by atoms with Gasteiger partial charge in [-0.2, -0.15) is 0 Å². The number of aliphatic imine (C=N–C) groups is 1. The van der Waals surface area contributed by atoms with Crippen LogP contribution in [0.3, 0.4) is 0 Å². The fourth-order valence-electron chi connectivity index (χ4n) is 2.72. The average molecular weight is 481 g/mol. The van der Waals surface area contributed by atoms with E-state index in [1.807, 2.05) is 18.7 Å². The quantitative estimate of drug-likeness (QED) is 0.193. The van der Waals surface area contributed by atoms with E-state index in [4.69, 9.17) is 0 Å². The first-order valence-corrected chi connectivity index (χ1v) is 9.74. The number of guanidine groups is 1. The molecular formula is C18H36IN5O2. The molecule has 8 heteroatoms. The van der Waals surface area contributed by atoms with Crippen LogP contribution in [0.4, 0.5) is 0 Å². The number of carbonyl (C=O) groups excluding carboxylic acids is 2. The Kier molecular flexibility index (Phi) is 15.5.